The van der Waals surface area contributed by atoms with Crippen LogP contribution in [-0.2, 0) is 0 Å². The number of hydrogen-bond donors (Lipinski definition) is 6. The van der Waals surface area contributed by atoms with Gasteiger partial charge in [0, 0.05) is 6.54 Å². The number of rotatable bonds is 3. The number of nitrogens with zero attached hydrogens (tertiary/aromatic N) is 1. The van der Waals surface area contributed by atoms with Crippen molar-refractivity contribution in [2.75, 3.05) is 12.8 Å². The third-order valence-corrected chi connectivity index (χ3v) is 4.18. The molecule has 1 aliphatic heterocycles. The lowest BCUT2D eigenvalue weighted by Crippen LogP contribution is -2.30. The van der Waals surface area contributed by atoms with Crippen LogP contribution in [0.1, 0.15) is 17.2 Å². The first-order chi connectivity index (χ1) is 11.6. The van der Waals surface area contributed by atoms with Crippen molar-refractivity contribution in [3.63, 3.8) is 0 Å². The largest absolute Gasteiger partial charge is 0.494 e. The topological polar surface area (TPSA) is 134 Å². The molecule has 0 bridgehead atoms. The standard InChI is InChI=1S/C14H16N6O3S/c1-24-13(10-11(21)17-14(23)18-12(10)22)16-8-4-2-7(3-5-8)9-6-15-20-19-9/h2-5,9,15,19-20H,6H2,1H3,(H3,17,18,21,22,23). The normalized spacial score (nSPS) is 18.0. The Morgan fingerprint density at radius 3 is 2.58 bits per heavy atom. The van der Waals surface area contributed by atoms with Crippen LogP contribution in [-0.4, -0.2) is 32.9 Å². The van der Waals surface area contributed by atoms with E-state index in [1.807, 2.05) is 24.3 Å². The number of aromatic hydroxyl groups is 1. The Balaban J connectivity index is 1.93. The Morgan fingerprint density at radius 1 is 1.25 bits per heavy atom. The van der Waals surface area contributed by atoms with E-state index in [0.717, 1.165) is 12.1 Å². The molecular formula is C14H16N6O3S. The molecule has 1 aliphatic rings. The van der Waals surface area contributed by atoms with Crippen LogP contribution < -0.4 is 27.6 Å². The molecule has 0 spiro atoms. The molecule has 6 N–H and O–H groups in total. The number of aliphatic imine (C=N–C) groups is 1. The van der Waals surface area contributed by atoms with Gasteiger partial charge < -0.3 is 5.11 Å². The van der Waals surface area contributed by atoms with Gasteiger partial charge in [-0.15, -0.1) is 11.8 Å². The molecule has 1 aromatic carbocycles. The number of aromatic nitrogens is 2. The molecule has 9 nitrogen and oxygen atoms in total. The summed E-state index contributed by atoms with van der Waals surface area (Å²) >= 11 is 1.20. The van der Waals surface area contributed by atoms with Crippen LogP contribution >= 0.6 is 11.8 Å². The summed E-state index contributed by atoms with van der Waals surface area (Å²) in [5.74, 6) is -0.499. The molecule has 126 valence electrons. The number of benzene rings is 1. The monoisotopic (exact) mass is 348 g/mol. The number of H-pyrrole nitrogens is 2. The number of hydrogen-bond acceptors (Lipinski definition) is 8. The van der Waals surface area contributed by atoms with E-state index in [-0.39, 0.29) is 11.6 Å². The van der Waals surface area contributed by atoms with Crippen molar-refractivity contribution < 1.29 is 5.11 Å². The van der Waals surface area contributed by atoms with Crippen molar-refractivity contribution >= 4 is 22.5 Å². The number of hydrazine groups is 2. The molecule has 3 rings (SSSR count). The molecule has 1 unspecified atom stereocenters. The smallest absolute Gasteiger partial charge is 0.328 e. The van der Waals surface area contributed by atoms with Crippen LogP contribution in [0.3, 0.4) is 0 Å². The Hall–Kier alpha value is -2.40. The zero-order chi connectivity index (χ0) is 17.1. The van der Waals surface area contributed by atoms with Gasteiger partial charge in [-0.3, -0.25) is 14.8 Å². The summed E-state index contributed by atoms with van der Waals surface area (Å²) < 4.78 is 0. The second-order valence-corrected chi connectivity index (χ2v) is 5.84. The quantitative estimate of drug-likeness (QED) is 0.336. The van der Waals surface area contributed by atoms with Gasteiger partial charge in [0.15, 0.2) is 0 Å². The predicted octanol–water partition coefficient (Wildman–Crippen LogP) is -0.136. The molecule has 1 fully saturated rings. The fourth-order valence-corrected chi connectivity index (χ4v) is 2.91. The van der Waals surface area contributed by atoms with E-state index in [1.165, 1.54) is 11.8 Å². The van der Waals surface area contributed by atoms with Gasteiger partial charge in [-0.2, -0.15) is 5.53 Å². The van der Waals surface area contributed by atoms with Gasteiger partial charge >= 0.3 is 5.69 Å². The molecule has 0 amide bonds. The van der Waals surface area contributed by atoms with E-state index in [2.05, 4.69) is 31.3 Å². The van der Waals surface area contributed by atoms with Crippen molar-refractivity contribution in [1.82, 2.24) is 26.4 Å². The first kappa shape index (κ1) is 16.5. The maximum Gasteiger partial charge on any atom is 0.328 e. The van der Waals surface area contributed by atoms with Crippen molar-refractivity contribution in [3.05, 3.63) is 56.2 Å². The van der Waals surface area contributed by atoms with Gasteiger partial charge in [0.05, 0.1) is 11.7 Å². The molecule has 0 radical (unpaired) electrons. The summed E-state index contributed by atoms with van der Waals surface area (Å²) in [7, 11) is 0. The Kier molecular flexibility index (Phi) is 4.81. The zero-order valence-corrected chi connectivity index (χ0v) is 13.5. The second-order valence-electron chi connectivity index (χ2n) is 5.05. The highest BCUT2D eigenvalue weighted by Gasteiger charge is 2.17. The molecular weight excluding hydrogens is 332 g/mol. The number of nitrogens with one attached hydrogen (secondary N) is 5. The molecule has 1 saturated heterocycles. The van der Waals surface area contributed by atoms with E-state index in [4.69, 9.17) is 0 Å². The highest BCUT2D eigenvalue weighted by atomic mass is 32.2. The van der Waals surface area contributed by atoms with Gasteiger partial charge in [0.1, 0.15) is 10.6 Å². The predicted molar refractivity (Wildman–Crippen MR) is 92.5 cm³/mol. The molecule has 2 aromatic rings. The zero-order valence-electron chi connectivity index (χ0n) is 12.7. The lowest BCUT2D eigenvalue weighted by Gasteiger charge is -2.09. The minimum atomic E-state index is -0.766. The summed E-state index contributed by atoms with van der Waals surface area (Å²) in [6, 6.07) is 7.67. The molecule has 0 aliphatic carbocycles. The van der Waals surface area contributed by atoms with Gasteiger partial charge in [0.2, 0.25) is 5.88 Å². The average molecular weight is 348 g/mol. The van der Waals surface area contributed by atoms with E-state index >= 15 is 0 Å². The van der Waals surface area contributed by atoms with Gasteiger partial charge in [0.25, 0.3) is 5.56 Å². The van der Waals surface area contributed by atoms with Crippen molar-refractivity contribution in [2.45, 2.75) is 6.04 Å². The molecule has 24 heavy (non-hydrogen) atoms. The molecule has 10 heteroatoms. The summed E-state index contributed by atoms with van der Waals surface area (Å²) in [5, 5.41) is 10.2. The minimum absolute atomic E-state index is 0.0583. The second kappa shape index (κ2) is 7.01. The highest BCUT2D eigenvalue weighted by Crippen LogP contribution is 2.22. The maximum atomic E-state index is 11.9. The van der Waals surface area contributed by atoms with E-state index in [0.29, 0.717) is 10.7 Å². The number of thioether (sulfide) groups is 1. The van der Waals surface area contributed by atoms with Crippen LogP contribution in [0.25, 0.3) is 0 Å². The van der Waals surface area contributed by atoms with E-state index in [9.17, 15) is 14.7 Å². The fourth-order valence-electron chi connectivity index (χ4n) is 2.32. The van der Waals surface area contributed by atoms with Crippen LogP contribution in [0.4, 0.5) is 5.69 Å². The van der Waals surface area contributed by atoms with Crippen LogP contribution in [0.15, 0.2) is 38.8 Å². The molecule has 0 saturated carbocycles. The van der Waals surface area contributed by atoms with Crippen LogP contribution in [0.2, 0.25) is 0 Å². The van der Waals surface area contributed by atoms with Crippen molar-refractivity contribution in [1.29, 1.82) is 0 Å². The highest BCUT2D eigenvalue weighted by molar-refractivity contribution is 8.13. The molecule has 1 aromatic heterocycles. The van der Waals surface area contributed by atoms with Gasteiger partial charge in [-0.05, 0) is 24.0 Å². The summed E-state index contributed by atoms with van der Waals surface area (Å²) in [6.07, 6.45) is 1.73. The van der Waals surface area contributed by atoms with Gasteiger partial charge in [-0.1, -0.05) is 12.1 Å². The van der Waals surface area contributed by atoms with E-state index < -0.39 is 17.1 Å². The summed E-state index contributed by atoms with van der Waals surface area (Å²) in [4.78, 5) is 31.7. The van der Waals surface area contributed by atoms with E-state index in [1.54, 1.807) is 6.26 Å². The van der Waals surface area contributed by atoms with Crippen LogP contribution in [0, 0.1) is 0 Å². The lowest BCUT2D eigenvalue weighted by atomic mass is 10.1. The van der Waals surface area contributed by atoms with Gasteiger partial charge in [-0.25, -0.2) is 20.6 Å². The SMILES string of the molecule is CSC(=Nc1ccc(C2CNNN2)cc1)c1c(O)[nH]c(=O)[nH]c1=O. The van der Waals surface area contributed by atoms with Crippen LogP contribution in [0.5, 0.6) is 5.88 Å². The average Bonchev–Trinajstić information content (AvgIpc) is 3.08. The Bertz CT molecular complexity index is 867. The first-order valence-electron chi connectivity index (χ1n) is 7.10. The number of aromatic amines is 2. The fraction of sp³-hybridized carbons (Fsp3) is 0.214. The maximum absolute atomic E-state index is 11.9. The molecule has 1 atom stereocenters. The first-order valence-corrected chi connectivity index (χ1v) is 8.33. The van der Waals surface area contributed by atoms with Crippen molar-refractivity contribution in [3.8, 4) is 5.88 Å². The third kappa shape index (κ3) is 3.41. The minimum Gasteiger partial charge on any atom is -0.494 e. The summed E-state index contributed by atoms with van der Waals surface area (Å²) in [5.41, 5.74) is 9.10. The lowest BCUT2D eigenvalue weighted by molar-refractivity contribution is 0.447. The Morgan fingerprint density at radius 2 is 2.00 bits per heavy atom. The summed E-state index contributed by atoms with van der Waals surface area (Å²) in [6.45, 7) is 0.763. The third-order valence-electron chi connectivity index (χ3n) is 3.50. The Labute approximate surface area is 140 Å². The molecule has 2 heterocycles. The van der Waals surface area contributed by atoms with Crippen molar-refractivity contribution in [2.24, 2.45) is 4.99 Å².